The van der Waals surface area contributed by atoms with E-state index in [4.69, 9.17) is 16.3 Å². The smallest absolute Gasteiger partial charge is 0.117 e. The van der Waals surface area contributed by atoms with Gasteiger partial charge in [0.25, 0.3) is 0 Å². The number of hydrogen-bond donors (Lipinski definition) is 0. The Balaban J connectivity index is 2.63. The lowest BCUT2D eigenvalue weighted by Crippen LogP contribution is -2.26. The van der Waals surface area contributed by atoms with Gasteiger partial charge in [-0.25, -0.2) is 0 Å². The Morgan fingerprint density at radius 3 is 2.11 bits per heavy atom. The van der Waals surface area contributed by atoms with Crippen LogP contribution in [0.3, 0.4) is 0 Å². The predicted octanol–water partition coefficient (Wildman–Crippen LogP) is 5.01. The first-order valence-corrected chi connectivity index (χ1v) is 6.82. The van der Waals surface area contributed by atoms with Crippen molar-refractivity contribution in [1.29, 1.82) is 0 Å². The van der Waals surface area contributed by atoms with Crippen LogP contribution in [0.15, 0.2) is 53.0 Å². The fourth-order valence-electron chi connectivity index (χ4n) is 2.06. The second-order valence-electron chi connectivity index (χ2n) is 4.20. The summed E-state index contributed by atoms with van der Waals surface area (Å²) >= 11 is 9.87. The van der Waals surface area contributed by atoms with Crippen LogP contribution < -0.4 is 0 Å². The number of rotatable bonds is 3. The van der Waals surface area contributed by atoms with Crippen LogP contribution in [-0.4, -0.2) is 7.11 Å². The molecule has 0 saturated carbocycles. The van der Waals surface area contributed by atoms with Gasteiger partial charge in [-0.1, -0.05) is 63.9 Å². The molecule has 0 saturated heterocycles. The van der Waals surface area contributed by atoms with Crippen molar-refractivity contribution < 1.29 is 4.74 Å². The van der Waals surface area contributed by atoms with Gasteiger partial charge in [-0.15, -0.1) is 0 Å². The molecule has 0 fully saturated rings. The van der Waals surface area contributed by atoms with Crippen LogP contribution in [0.4, 0.5) is 0 Å². The maximum atomic E-state index is 6.29. The average molecular weight is 326 g/mol. The molecule has 94 valence electrons. The van der Waals surface area contributed by atoms with Gasteiger partial charge in [0.15, 0.2) is 0 Å². The molecule has 0 aromatic heterocycles. The van der Waals surface area contributed by atoms with E-state index in [0.717, 1.165) is 15.6 Å². The third-order valence-electron chi connectivity index (χ3n) is 3.18. The quantitative estimate of drug-likeness (QED) is 0.770. The SMILES string of the molecule is CO[C@@](C)(c1ccccc1Cl)c1ccccc1Br. The summed E-state index contributed by atoms with van der Waals surface area (Å²) in [6.07, 6.45) is 0. The van der Waals surface area contributed by atoms with Crippen molar-refractivity contribution in [2.45, 2.75) is 12.5 Å². The third kappa shape index (κ3) is 2.33. The molecule has 0 N–H and O–H groups in total. The number of ether oxygens (including phenoxy) is 1. The Kier molecular flexibility index (Phi) is 4.10. The molecule has 0 spiro atoms. The normalized spacial score (nSPS) is 14.2. The van der Waals surface area contributed by atoms with Gasteiger partial charge in [0.2, 0.25) is 0 Å². The monoisotopic (exact) mass is 324 g/mol. The van der Waals surface area contributed by atoms with Gasteiger partial charge >= 0.3 is 0 Å². The van der Waals surface area contributed by atoms with E-state index >= 15 is 0 Å². The summed E-state index contributed by atoms with van der Waals surface area (Å²) < 4.78 is 6.77. The molecule has 18 heavy (non-hydrogen) atoms. The Bertz CT molecular complexity index is 508. The summed E-state index contributed by atoms with van der Waals surface area (Å²) in [5.41, 5.74) is 1.44. The molecule has 0 aliphatic carbocycles. The van der Waals surface area contributed by atoms with Gasteiger partial charge in [0.1, 0.15) is 5.60 Å². The molecule has 2 aromatic rings. The highest BCUT2D eigenvalue weighted by molar-refractivity contribution is 9.10. The molecule has 0 radical (unpaired) electrons. The lowest BCUT2D eigenvalue weighted by Gasteiger charge is -2.31. The number of benzene rings is 2. The number of halogens is 2. The van der Waals surface area contributed by atoms with Crippen molar-refractivity contribution in [3.05, 3.63) is 69.2 Å². The van der Waals surface area contributed by atoms with Gasteiger partial charge in [-0.3, -0.25) is 0 Å². The Hall–Kier alpha value is -0.830. The Labute approximate surface area is 121 Å². The van der Waals surface area contributed by atoms with E-state index in [1.807, 2.05) is 55.5 Å². The molecule has 2 aromatic carbocycles. The van der Waals surface area contributed by atoms with Crippen LogP contribution in [0, 0.1) is 0 Å². The fourth-order valence-corrected chi connectivity index (χ4v) is 3.04. The van der Waals surface area contributed by atoms with E-state index in [1.165, 1.54) is 0 Å². The molecule has 0 heterocycles. The minimum Gasteiger partial charge on any atom is -0.369 e. The second-order valence-corrected chi connectivity index (χ2v) is 5.46. The molecule has 1 nitrogen and oxygen atoms in total. The molecule has 0 amide bonds. The second kappa shape index (κ2) is 5.43. The first-order chi connectivity index (χ1) is 8.59. The summed E-state index contributed by atoms with van der Waals surface area (Å²) in [5.74, 6) is 0. The maximum absolute atomic E-state index is 6.29. The van der Waals surface area contributed by atoms with E-state index in [2.05, 4.69) is 15.9 Å². The maximum Gasteiger partial charge on any atom is 0.117 e. The molecule has 1 atom stereocenters. The van der Waals surface area contributed by atoms with Crippen LogP contribution in [-0.2, 0) is 10.3 Å². The zero-order chi connectivity index (χ0) is 13.2. The molecule has 0 aliphatic heterocycles. The van der Waals surface area contributed by atoms with Gasteiger partial charge in [0, 0.05) is 27.7 Å². The van der Waals surface area contributed by atoms with Crippen LogP contribution in [0.5, 0.6) is 0 Å². The standard InChI is InChI=1S/C15H14BrClO/c1-15(18-2,11-7-3-5-9-13(11)16)12-8-4-6-10-14(12)17/h3-10H,1-2H3/t15-/m1/s1. The Morgan fingerprint density at radius 1 is 1.00 bits per heavy atom. The van der Waals surface area contributed by atoms with E-state index in [9.17, 15) is 0 Å². The largest absolute Gasteiger partial charge is 0.369 e. The van der Waals surface area contributed by atoms with E-state index in [-0.39, 0.29) is 0 Å². The van der Waals surface area contributed by atoms with Crippen molar-refractivity contribution in [3.63, 3.8) is 0 Å². The third-order valence-corrected chi connectivity index (χ3v) is 4.20. The summed E-state index contributed by atoms with van der Waals surface area (Å²) in [5, 5.41) is 0.706. The zero-order valence-electron chi connectivity index (χ0n) is 10.3. The summed E-state index contributed by atoms with van der Waals surface area (Å²) in [6.45, 7) is 2.02. The van der Waals surface area contributed by atoms with Gasteiger partial charge in [0.05, 0.1) is 0 Å². The van der Waals surface area contributed by atoms with E-state index < -0.39 is 5.60 Å². The summed E-state index contributed by atoms with van der Waals surface area (Å²) in [6, 6.07) is 15.8. The highest BCUT2D eigenvalue weighted by Gasteiger charge is 2.32. The van der Waals surface area contributed by atoms with Crippen LogP contribution in [0.1, 0.15) is 18.1 Å². The van der Waals surface area contributed by atoms with Crippen molar-refractivity contribution in [2.75, 3.05) is 7.11 Å². The molecule has 2 rings (SSSR count). The van der Waals surface area contributed by atoms with Gasteiger partial charge in [-0.05, 0) is 19.1 Å². The predicted molar refractivity (Wildman–Crippen MR) is 79.1 cm³/mol. The van der Waals surface area contributed by atoms with Crippen LogP contribution >= 0.6 is 27.5 Å². The summed E-state index contributed by atoms with van der Waals surface area (Å²) in [7, 11) is 1.70. The molecule has 0 unspecified atom stereocenters. The van der Waals surface area contributed by atoms with Crippen molar-refractivity contribution in [3.8, 4) is 0 Å². The highest BCUT2D eigenvalue weighted by Crippen LogP contribution is 2.39. The zero-order valence-corrected chi connectivity index (χ0v) is 12.6. The van der Waals surface area contributed by atoms with Crippen LogP contribution in [0.25, 0.3) is 0 Å². The lowest BCUT2D eigenvalue weighted by atomic mass is 9.88. The molecular weight excluding hydrogens is 312 g/mol. The van der Waals surface area contributed by atoms with Gasteiger partial charge < -0.3 is 4.74 Å². The first kappa shape index (κ1) is 13.6. The molecular formula is C15H14BrClO. The Morgan fingerprint density at radius 2 is 1.56 bits per heavy atom. The summed E-state index contributed by atoms with van der Waals surface area (Å²) in [4.78, 5) is 0. The number of methoxy groups -OCH3 is 1. The molecule has 0 aliphatic rings. The topological polar surface area (TPSA) is 9.23 Å². The van der Waals surface area contributed by atoms with E-state index in [0.29, 0.717) is 5.02 Å². The van der Waals surface area contributed by atoms with Crippen LogP contribution in [0.2, 0.25) is 5.02 Å². The highest BCUT2D eigenvalue weighted by atomic mass is 79.9. The first-order valence-electron chi connectivity index (χ1n) is 5.65. The fraction of sp³-hybridized carbons (Fsp3) is 0.200. The van der Waals surface area contributed by atoms with Crippen molar-refractivity contribution in [1.82, 2.24) is 0 Å². The minimum atomic E-state index is -0.571. The van der Waals surface area contributed by atoms with Gasteiger partial charge in [-0.2, -0.15) is 0 Å². The lowest BCUT2D eigenvalue weighted by molar-refractivity contribution is 0.0386. The molecule has 3 heteroatoms. The number of hydrogen-bond acceptors (Lipinski definition) is 1. The van der Waals surface area contributed by atoms with Crippen molar-refractivity contribution in [2.24, 2.45) is 0 Å². The van der Waals surface area contributed by atoms with E-state index in [1.54, 1.807) is 7.11 Å². The average Bonchev–Trinajstić information content (AvgIpc) is 2.39. The minimum absolute atomic E-state index is 0.571. The molecule has 0 bridgehead atoms. The van der Waals surface area contributed by atoms with Crippen molar-refractivity contribution >= 4 is 27.5 Å².